The van der Waals surface area contributed by atoms with Crippen LogP contribution in [-0.2, 0) is 13.5 Å². The molecule has 1 aromatic heterocycles. The fourth-order valence-electron chi connectivity index (χ4n) is 2.46. The maximum absolute atomic E-state index is 10.0. The molecule has 0 radical (unpaired) electrons. The topological polar surface area (TPSA) is 41.3 Å². The molecule has 1 aromatic rings. The second kappa shape index (κ2) is 4.55. The molecule has 0 bridgehead atoms. The molecule has 1 N–H and O–H groups in total. The lowest BCUT2D eigenvalue weighted by Crippen LogP contribution is -2.61. The molecule has 0 saturated carbocycles. The standard InChI is InChI=1S/C12H21N3O/c1-3-5-12(16)9-15(10-12)6-4-11-7-13-14(2)8-11/h7-8,16H,3-6,9-10H2,1-2H3. The number of hydrogen-bond donors (Lipinski definition) is 1. The van der Waals surface area contributed by atoms with Crippen LogP contribution in [-0.4, -0.2) is 45.0 Å². The zero-order chi connectivity index (χ0) is 11.6. The molecular formula is C12H21N3O. The van der Waals surface area contributed by atoms with Crippen LogP contribution in [0.25, 0.3) is 0 Å². The lowest BCUT2D eigenvalue weighted by molar-refractivity contribution is -0.102. The van der Waals surface area contributed by atoms with Crippen molar-refractivity contribution in [2.75, 3.05) is 19.6 Å². The lowest BCUT2D eigenvalue weighted by Gasteiger charge is -2.46. The highest BCUT2D eigenvalue weighted by Gasteiger charge is 2.39. The predicted molar refractivity (Wildman–Crippen MR) is 63.2 cm³/mol. The predicted octanol–water partition coefficient (Wildman–Crippen LogP) is 0.809. The molecule has 0 atom stereocenters. The molecule has 1 saturated heterocycles. The van der Waals surface area contributed by atoms with E-state index < -0.39 is 5.60 Å². The Hall–Kier alpha value is -0.870. The molecule has 2 heterocycles. The van der Waals surface area contributed by atoms with Crippen LogP contribution in [0.1, 0.15) is 25.3 Å². The lowest BCUT2D eigenvalue weighted by atomic mass is 9.89. The molecule has 1 fully saturated rings. The van der Waals surface area contributed by atoms with Crippen molar-refractivity contribution < 1.29 is 5.11 Å². The quantitative estimate of drug-likeness (QED) is 0.803. The van der Waals surface area contributed by atoms with Crippen LogP contribution in [0.4, 0.5) is 0 Å². The first-order valence-electron chi connectivity index (χ1n) is 6.03. The molecule has 2 rings (SSSR count). The average Bonchev–Trinajstić information content (AvgIpc) is 2.58. The van der Waals surface area contributed by atoms with Gasteiger partial charge in [0.2, 0.25) is 0 Å². The fourth-order valence-corrected chi connectivity index (χ4v) is 2.46. The largest absolute Gasteiger partial charge is 0.387 e. The van der Waals surface area contributed by atoms with Gasteiger partial charge in [-0.15, -0.1) is 0 Å². The first-order valence-corrected chi connectivity index (χ1v) is 6.03. The highest BCUT2D eigenvalue weighted by atomic mass is 16.3. The van der Waals surface area contributed by atoms with Crippen LogP contribution in [0.5, 0.6) is 0 Å². The Morgan fingerprint density at radius 1 is 1.50 bits per heavy atom. The average molecular weight is 223 g/mol. The second-order valence-electron chi connectivity index (χ2n) is 4.96. The summed E-state index contributed by atoms with van der Waals surface area (Å²) in [6, 6.07) is 0. The van der Waals surface area contributed by atoms with E-state index in [4.69, 9.17) is 0 Å². The van der Waals surface area contributed by atoms with Gasteiger partial charge in [-0.25, -0.2) is 0 Å². The minimum Gasteiger partial charge on any atom is -0.387 e. The Labute approximate surface area is 96.9 Å². The van der Waals surface area contributed by atoms with Gasteiger partial charge in [0.25, 0.3) is 0 Å². The Morgan fingerprint density at radius 3 is 2.81 bits per heavy atom. The van der Waals surface area contributed by atoms with Gasteiger partial charge >= 0.3 is 0 Å². The van der Waals surface area contributed by atoms with Gasteiger partial charge in [-0.1, -0.05) is 13.3 Å². The van der Waals surface area contributed by atoms with Crippen LogP contribution in [0, 0.1) is 0 Å². The number of β-amino-alcohol motifs (C(OH)–C–C–N with tert-alkyl or cyclic N) is 1. The van der Waals surface area contributed by atoms with Crippen molar-refractivity contribution in [3.63, 3.8) is 0 Å². The van der Waals surface area contributed by atoms with Crippen LogP contribution in [0.3, 0.4) is 0 Å². The van der Waals surface area contributed by atoms with Gasteiger partial charge in [-0.05, 0) is 18.4 Å². The minimum atomic E-state index is -0.399. The maximum Gasteiger partial charge on any atom is 0.0900 e. The van der Waals surface area contributed by atoms with Crippen molar-refractivity contribution in [1.29, 1.82) is 0 Å². The van der Waals surface area contributed by atoms with Crippen molar-refractivity contribution >= 4 is 0 Å². The molecule has 0 unspecified atom stereocenters. The summed E-state index contributed by atoms with van der Waals surface area (Å²) >= 11 is 0. The summed E-state index contributed by atoms with van der Waals surface area (Å²) in [5, 5.41) is 14.2. The van der Waals surface area contributed by atoms with Crippen molar-refractivity contribution in [3.8, 4) is 0 Å². The molecule has 0 aliphatic carbocycles. The third kappa shape index (κ3) is 2.62. The first kappa shape index (κ1) is 11.6. The number of nitrogens with zero attached hydrogens (tertiary/aromatic N) is 3. The zero-order valence-electron chi connectivity index (χ0n) is 10.2. The van der Waals surface area contributed by atoms with Gasteiger partial charge in [-0.2, -0.15) is 5.10 Å². The van der Waals surface area contributed by atoms with E-state index in [0.717, 1.165) is 38.9 Å². The maximum atomic E-state index is 10.0. The number of hydrogen-bond acceptors (Lipinski definition) is 3. The summed E-state index contributed by atoms with van der Waals surface area (Å²) in [6.07, 6.45) is 6.98. The SMILES string of the molecule is CCCC1(O)CN(CCc2cnn(C)c2)C1. The summed E-state index contributed by atoms with van der Waals surface area (Å²) in [5.41, 5.74) is 0.873. The number of likely N-dealkylation sites (tertiary alicyclic amines) is 1. The molecule has 1 aliphatic rings. The number of aromatic nitrogens is 2. The highest BCUT2D eigenvalue weighted by molar-refractivity contribution is 5.05. The molecule has 90 valence electrons. The van der Waals surface area contributed by atoms with Crippen molar-refractivity contribution in [2.45, 2.75) is 31.8 Å². The summed E-state index contributed by atoms with van der Waals surface area (Å²) in [4.78, 5) is 2.31. The summed E-state index contributed by atoms with van der Waals surface area (Å²) < 4.78 is 1.83. The Balaban J connectivity index is 1.70. The molecule has 16 heavy (non-hydrogen) atoms. The van der Waals surface area contributed by atoms with E-state index >= 15 is 0 Å². The molecule has 4 nitrogen and oxygen atoms in total. The van der Waals surface area contributed by atoms with Gasteiger partial charge in [0.05, 0.1) is 11.8 Å². The van der Waals surface area contributed by atoms with Crippen LogP contribution >= 0.6 is 0 Å². The van der Waals surface area contributed by atoms with Crippen LogP contribution < -0.4 is 0 Å². The fraction of sp³-hybridized carbons (Fsp3) is 0.750. The number of aliphatic hydroxyl groups is 1. The molecule has 0 aromatic carbocycles. The van der Waals surface area contributed by atoms with Gasteiger partial charge < -0.3 is 5.11 Å². The van der Waals surface area contributed by atoms with E-state index in [9.17, 15) is 5.11 Å². The van der Waals surface area contributed by atoms with Gasteiger partial charge in [0, 0.05) is 32.9 Å². The normalized spacial score (nSPS) is 19.7. The molecule has 4 heteroatoms. The van der Waals surface area contributed by atoms with Crippen LogP contribution in [0.2, 0.25) is 0 Å². The van der Waals surface area contributed by atoms with Crippen molar-refractivity contribution in [1.82, 2.24) is 14.7 Å². The molecular weight excluding hydrogens is 202 g/mol. The first-order chi connectivity index (χ1) is 7.61. The van der Waals surface area contributed by atoms with E-state index in [1.54, 1.807) is 0 Å². The molecule has 1 aliphatic heterocycles. The van der Waals surface area contributed by atoms with Gasteiger partial charge in [0.1, 0.15) is 0 Å². The third-order valence-electron chi connectivity index (χ3n) is 3.23. The number of aryl methyl sites for hydroxylation is 1. The summed E-state index contributed by atoms with van der Waals surface area (Å²) in [7, 11) is 1.94. The van der Waals surface area contributed by atoms with E-state index in [0.29, 0.717) is 0 Å². The monoisotopic (exact) mass is 223 g/mol. The minimum absolute atomic E-state index is 0.399. The summed E-state index contributed by atoms with van der Waals surface area (Å²) in [5.74, 6) is 0. The van der Waals surface area contributed by atoms with E-state index in [-0.39, 0.29) is 0 Å². The van der Waals surface area contributed by atoms with E-state index in [1.165, 1.54) is 5.56 Å². The third-order valence-corrected chi connectivity index (χ3v) is 3.23. The van der Waals surface area contributed by atoms with E-state index in [2.05, 4.69) is 23.1 Å². The Bertz CT molecular complexity index is 342. The zero-order valence-corrected chi connectivity index (χ0v) is 10.2. The second-order valence-corrected chi connectivity index (χ2v) is 4.96. The van der Waals surface area contributed by atoms with Crippen molar-refractivity contribution in [3.05, 3.63) is 18.0 Å². The highest BCUT2D eigenvalue weighted by Crippen LogP contribution is 2.25. The van der Waals surface area contributed by atoms with E-state index in [1.807, 2.05) is 17.9 Å². The smallest absolute Gasteiger partial charge is 0.0900 e. The molecule has 0 amide bonds. The number of rotatable bonds is 5. The summed E-state index contributed by atoms with van der Waals surface area (Å²) in [6.45, 7) is 4.82. The Kier molecular flexibility index (Phi) is 3.30. The Morgan fingerprint density at radius 2 is 2.25 bits per heavy atom. The van der Waals surface area contributed by atoms with Crippen molar-refractivity contribution in [2.24, 2.45) is 7.05 Å². The van der Waals surface area contributed by atoms with Gasteiger partial charge in [0.15, 0.2) is 0 Å². The van der Waals surface area contributed by atoms with Gasteiger partial charge in [-0.3, -0.25) is 9.58 Å². The molecule has 0 spiro atoms. The van der Waals surface area contributed by atoms with Crippen LogP contribution in [0.15, 0.2) is 12.4 Å².